The highest BCUT2D eigenvalue weighted by molar-refractivity contribution is 5.76. The molecule has 0 aliphatic rings. The van der Waals surface area contributed by atoms with Gasteiger partial charge < -0.3 is 10.0 Å². The number of anilines is 1. The summed E-state index contributed by atoms with van der Waals surface area (Å²) in [5.41, 5.74) is 1.98. The van der Waals surface area contributed by atoms with Gasteiger partial charge in [0.15, 0.2) is 0 Å². The number of rotatable bonds is 5. The molecule has 1 N–H and O–H groups in total. The normalized spacial score (nSPS) is 12.2. The summed E-state index contributed by atoms with van der Waals surface area (Å²) in [7, 11) is 3.94. The molecule has 0 bridgehead atoms. The van der Waals surface area contributed by atoms with E-state index in [1.807, 2.05) is 50.2 Å². The van der Waals surface area contributed by atoms with Gasteiger partial charge in [0.1, 0.15) is 0 Å². The fraction of sp³-hybridized carbons (Fsp3) is 0.462. The van der Waals surface area contributed by atoms with Crippen molar-refractivity contribution in [3.05, 3.63) is 29.8 Å². The van der Waals surface area contributed by atoms with Crippen LogP contribution in [0.3, 0.4) is 0 Å². The highest BCUT2D eigenvalue weighted by Crippen LogP contribution is 2.23. The Kier molecular flexibility index (Phi) is 4.35. The van der Waals surface area contributed by atoms with Gasteiger partial charge in [0.05, 0.1) is 5.92 Å². The topological polar surface area (TPSA) is 40.5 Å². The van der Waals surface area contributed by atoms with E-state index in [9.17, 15) is 4.79 Å². The van der Waals surface area contributed by atoms with E-state index < -0.39 is 5.97 Å². The maximum absolute atomic E-state index is 11.1. The molecule has 3 nitrogen and oxygen atoms in total. The molecule has 0 aliphatic carbocycles. The fourth-order valence-corrected chi connectivity index (χ4v) is 1.73. The van der Waals surface area contributed by atoms with E-state index in [2.05, 4.69) is 0 Å². The van der Waals surface area contributed by atoms with Crippen molar-refractivity contribution in [2.75, 3.05) is 19.0 Å². The lowest BCUT2D eigenvalue weighted by Gasteiger charge is -2.15. The molecule has 1 unspecified atom stereocenters. The monoisotopic (exact) mass is 221 g/mol. The molecule has 3 heteroatoms. The van der Waals surface area contributed by atoms with E-state index >= 15 is 0 Å². The van der Waals surface area contributed by atoms with Crippen molar-refractivity contribution < 1.29 is 9.90 Å². The molecule has 0 saturated heterocycles. The lowest BCUT2D eigenvalue weighted by atomic mass is 9.94. The van der Waals surface area contributed by atoms with Crippen LogP contribution in [0.2, 0.25) is 0 Å². The molecule has 16 heavy (non-hydrogen) atoms. The standard InChI is InChI=1S/C13H19NO2/c1-4-5-12(13(15)16)10-6-8-11(9-7-10)14(2)3/h6-9,12H,4-5H2,1-3H3,(H,15,16). The minimum Gasteiger partial charge on any atom is -0.481 e. The number of carbonyl (C=O) groups is 1. The molecule has 1 atom stereocenters. The van der Waals surface area contributed by atoms with Gasteiger partial charge in [-0.1, -0.05) is 25.5 Å². The quantitative estimate of drug-likeness (QED) is 0.831. The molecule has 1 aromatic rings. The van der Waals surface area contributed by atoms with Crippen LogP contribution < -0.4 is 4.90 Å². The Bertz CT molecular complexity index is 343. The van der Waals surface area contributed by atoms with Crippen LogP contribution in [-0.2, 0) is 4.79 Å². The third kappa shape index (κ3) is 2.99. The van der Waals surface area contributed by atoms with Gasteiger partial charge in [-0.2, -0.15) is 0 Å². The lowest BCUT2D eigenvalue weighted by Crippen LogP contribution is -2.12. The van der Waals surface area contributed by atoms with Crippen molar-refractivity contribution in [3.8, 4) is 0 Å². The van der Waals surface area contributed by atoms with Gasteiger partial charge in [-0.25, -0.2) is 0 Å². The predicted octanol–water partition coefficient (Wildman–Crippen LogP) is 2.72. The van der Waals surface area contributed by atoms with Gasteiger partial charge in [0.25, 0.3) is 0 Å². The molecule has 0 saturated carbocycles. The van der Waals surface area contributed by atoms with E-state index in [-0.39, 0.29) is 5.92 Å². The molecule has 0 fully saturated rings. The molecule has 0 amide bonds. The third-order valence-electron chi connectivity index (χ3n) is 2.69. The number of benzene rings is 1. The maximum Gasteiger partial charge on any atom is 0.310 e. The molecule has 0 aliphatic heterocycles. The first-order valence-electron chi connectivity index (χ1n) is 5.56. The van der Waals surface area contributed by atoms with Crippen LogP contribution in [0.25, 0.3) is 0 Å². The first-order chi connectivity index (χ1) is 7.56. The second-order valence-electron chi connectivity index (χ2n) is 4.17. The number of hydrogen-bond acceptors (Lipinski definition) is 2. The van der Waals surface area contributed by atoms with Crippen molar-refractivity contribution in [2.24, 2.45) is 0 Å². The zero-order valence-electron chi connectivity index (χ0n) is 10.1. The summed E-state index contributed by atoms with van der Waals surface area (Å²) in [4.78, 5) is 13.1. The van der Waals surface area contributed by atoms with Crippen molar-refractivity contribution in [3.63, 3.8) is 0 Å². The van der Waals surface area contributed by atoms with Gasteiger partial charge >= 0.3 is 5.97 Å². The summed E-state index contributed by atoms with van der Waals surface area (Å²) >= 11 is 0. The number of carboxylic acid groups (broad SMARTS) is 1. The zero-order valence-corrected chi connectivity index (χ0v) is 10.1. The van der Waals surface area contributed by atoms with Crippen LogP contribution in [0.1, 0.15) is 31.2 Å². The molecule has 0 radical (unpaired) electrons. The van der Waals surface area contributed by atoms with Crippen LogP contribution in [0.15, 0.2) is 24.3 Å². The highest BCUT2D eigenvalue weighted by atomic mass is 16.4. The number of hydrogen-bond donors (Lipinski definition) is 1. The lowest BCUT2D eigenvalue weighted by molar-refractivity contribution is -0.139. The predicted molar refractivity (Wildman–Crippen MR) is 66.1 cm³/mol. The second kappa shape index (κ2) is 5.54. The van der Waals surface area contributed by atoms with Gasteiger partial charge in [0.2, 0.25) is 0 Å². The average Bonchev–Trinajstić information content (AvgIpc) is 2.25. The number of carboxylic acids is 1. The molecule has 88 valence electrons. The smallest absolute Gasteiger partial charge is 0.310 e. The van der Waals surface area contributed by atoms with E-state index in [4.69, 9.17) is 5.11 Å². The van der Waals surface area contributed by atoms with Gasteiger partial charge in [0, 0.05) is 19.8 Å². The molecule has 1 rings (SSSR count). The van der Waals surface area contributed by atoms with Crippen LogP contribution in [-0.4, -0.2) is 25.2 Å². The Morgan fingerprint density at radius 2 is 1.88 bits per heavy atom. The van der Waals surface area contributed by atoms with Gasteiger partial charge in [-0.15, -0.1) is 0 Å². The number of nitrogens with zero attached hydrogens (tertiary/aromatic N) is 1. The molecular weight excluding hydrogens is 202 g/mol. The second-order valence-corrected chi connectivity index (χ2v) is 4.17. The number of aliphatic carboxylic acids is 1. The Morgan fingerprint density at radius 1 is 1.31 bits per heavy atom. The SMILES string of the molecule is CCCC(C(=O)O)c1ccc(N(C)C)cc1. The molecular formula is C13H19NO2. The summed E-state index contributed by atoms with van der Waals surface area (Å²) in [5.74, 6) is -1.11. The van der Waals surface area contributed by atoms with Crippen LogP contribution in [0.4, 0.5) is 5.69 Å². The van der Waals surface area contributed by atoms with Crippen molar-refractivity contribution >= 4 is 11.7 Å². The first kappa shape index (κ1) is 12.6. The van der Waals surface area contributed by atoms with Crippen LogP contribution in [0.5, 0.6) is 0 Å². The first-order valence-corrected chi connectivity index (χ1v) is 5.56. The van der Waals surface area contributed by atoms with Gasteiger partial charge in [-0.05, 0) is 24.1 Å². The van der Waals surface area contributed by atoms with Crippen LogP contribution >= 0.6 is 0 Å². The van der Waals surface area contributed by atoms with Crippen molar-refractivity contribution in [1.29, 1.82) is 0 Å². The Labute approximate surface area is 96.7 Å². The summed E-state index contributed by atoms with van der Waals surface area (Å²) in [6, 6.07) is 7.73. The maximum atomic E-state index is 11.1. The fourth-order valence-electron chi connectivity index (χ4n) is 1.73. The van der Waals surface area contributed by atoms with Crippen molar-refractivity contribution in [1.82, 2.24) is 0 Å². The average molecular weight is 221 g/mol. The third-order valence-corrected chi connectivity index (χ3v) is 2.69. The van der Waals surface area contributed by atoms with E-state index in [1.165, 1.54) is 0 Å². The summed E-state index contributed by atoms with van der Waals surface area (Å²) in [5, 5.41) is 9.13. The van der Waals surface area contributed by atoms with E-state index in [0.717, 1.165) is 17.7 Å². The Hall–Kier alpha value is -1.51. The Morgan fingerprint density at radius 3 is 2.25 bits per heavy atom. The van der Waals surface area contributed by atoms with E-state index in [0.29, 0.717) is 6.42 Å². The molecule has 1 aromatic carbocycles. The van der Waals surface area contributed by atoms with Gasteiger partial charge in [-0.3, -0.25) is 4.79 Å². The Balaban J connectivity index is 2.89. The minimum absolute atomic E-state index is 0.374. The summed E-state index contributed by atoms with van der Waals surface area (Å²) < 4.78 is 0. The van der Waals surface area contributed by atoms with E-state index in [1.54, 1.807) is 0 Å². The van der Waals surface area contributed by atoms with Crippen LogP contribution in [0, 0.1) is 0 Å². The zero-order chi connectivity index (χ0) is 12.1. The molecule has 0 aromatic heterocycles. The van der Waals surface area contributed by atoms with Crippen molar-refractivity contribution in [2.45, 2.75) is 25.7 Å². The molecule has 0 heterocycles. The summed E-state index contributed by atoms with van der Waals surface area (Å²) in [6.45, 7) is 2.00. The minimum atomic E-state index is -0.737. The summed E-state index contributed by atoms with van der Waals surface area (Å²) in [6.07, 6.45) is 1.57. The molecule has 0 spiro atoms. The largest absolute Gasteiger partial charge is 0.481 e. The highest BCUT2D eigenvalue weighted by Gasteiger charge is 2.18.